The number of aromatic amines is 1. The van der Waals surface area contributed by atoms with Crippen LogP contribution < -0.4 is 0 Å². The fourth-order valence-corrected chi connectivity index (χ4v) is 3.36. The summed E-state index contributed by atoms with van der Waals surface area (Å²) in [5, 5.41) is 9.10. The molecule has 3 aromatic carbocycles. The number of carboxylic acids is 1. The second-order valence-electron chi connectivity index (χ2n) is 6.98. The maximum Gasteiger partial charge on any atom is 0.335 e. The minimum atomic E-state index is -0.934. The summed E-state index contributed by atoms with van der Waals surface area (Å²) >= 11 is 0. The zero-order valence-corrected chi connectivity index (χ0v) is 16.0. The average Bonchev–Trinajstić information content (AvgIpc) is 3.17. The van der Waals surface area contributed by atoms with E-state index in [4.69, 9.17) is 14.8 Å². The monoisotopic (exact) mass is 386 g/mol. The Morgan fingerprint density at radius 3 is 2.52 bits per heavy atom. The molecule has 0 saturated carbocycles. The molecule has 1 aromatic heterocycles. The van der Waals surface area contributed by atoms with Crippen LogP contribution in [-0.2, 0) is 30.8 Å². The number of ether oxygens (including phenoxy) is 1. The first-order valence-electron chi connectivity index (χ1n) is 9.59. The fourth-order valence-electron chi connectivity index (χ4n) is 3.36. The Hall–Kier alpha value is -3.44. The molecule has 0 bridgehead atoms. The van der Waals surface area contributed by atoms with Crippen molar-refractivity contribution in [1.29, 1.82) is 0 Å². The largest absolute Gasteiger partial charge is 0.478 e. The topological polar surface area (TPSA) is 75.2 Å². The van der Waals surface area contributed by atoms with Crippen LogP contribution in [-0.4, -0.2) is 21.0 Å². The highest BCUT2D eigenvalue weighted by Crippen LogP contribution is 2.19. The van der Waals surface area contributed by atoms with E-state index in [0.717, 1.165) is 40.8 Å². The molecule has 5 nitrogen and oxygen atoms in total. The summed E-state index contributed by atoms with van der Waals surface area (Å²) in [4.78, 5) is 19.3. The zero-order valence-electron chi connectivity index (χ0n) is 16.0. The van der Waals surface area contributed by atoms with Gasteiger partial charge in [0.25, 0.3) is 0 Å². The molecule has 4 aromatic rings. The minimum absolute atomic E-state index is 0.267. The number of imidazole rings is 1. The Labute approximate surface area is 169 Å². The summed E-state index contributed by atoms with van der Waals surface area (Å²) in [5.41, 5.74) is 5.34. The fraction of sp³-hybridized carbons (Fsp3) is 0.167. The number of aromatic carboxylic acids is 1. The molecule has 29 heavy (non-hydrogen) atoms. The number of carboxylic acid groups (broad SMARTS) is 1. The van der Waals surface area contributed by atoms with Gasteiger partial charge in [-0.25, -0.2) is 9.78 Å². The Bertz CT molecular complexity index is 1120. The van der Waals surface area contributed by atoms with Gasteiger partial charge in [0.2, 0.25) is 0 Å². The van der Waals surface area contributed by atoms with E-state index in [1.165, 1.54) is 5.56 Å². The van der Waals surface area contributed by atoms with E-state index >= 15 is 0 Å². The summed E-state index contributed by atoms with van der Waals surface area (Å²) in [6, 6.07) is 23.2. The lowest BCUT2D eigenvalue weighted by atomic mass is 10.1. The number of aryl methyl sites for hydroxylation is 2. The van der Waals surface area contributed by atoms with E-state index in [9.17, 15) is 4.79 Å². The van der Waals surface area contributed by atoms with Crippen molar-refractivity contribution in [2.75, 3.05) is 0 Å². The average molecular weight is 386 g/mol. The molecular formula is C24H22N2O3. The molecule has 0 saturated heterocycles. The molecule has 0 spiro atoms. The number of H-pyrrole nitrogens is 1. The highest BCUT2D eigenvalue weighted by molar-refractivity contribution is 5.87. The number of hydrogen-bond acceptors (Lipinski definition) is 3. The van der Waals surface area contributed by atoms with Crippen molar-refractivity contribution in [2.45, 2.75) is 26.1 Å². The highest BCUT2D eigenvalue weighted by Gasteiger charge is 2.09. The Morgan fingerprint density at radius 1 is 0.897 bits per heavy atom. The number of para-hydroxylation sites is 1. The van der Waals surface area contributed by atoms with E-state index in [0.29, 0.717) is 13.2 Å². The normalized spacial score (nSPS) is 11.0. The Balaban J connectivity index is 1.42. The number of nitrogens with zero attached hydrogens (tertiary/aromatic N) is 1. The number of fused-ring (bicyclic) bond motifs is 1. The maximum atomic E-state index is 11.1. The summed E-state index contributed by atoms with van der Waals surface area (Å²) in [7, 11) is 0. The van der Waals surface area contributed by atoms with Crippen LogP contribution >= 0.6 is 0 Å². The number of hydrogen-bond donors (Lipinski definition) is 2. The second kappa shape index (κ2) is 8.71. The lowest BCUT2D eigenvalue weighted by Gasteiger charge is -2.06. The van der Waals surface area contributed by atoms with Crippen molar-refractivity contribution in [1.82, 2.24) is 9.97 Å². The third-order valence-electron chi connectivity index (χ3n) is 4.84. The Morgan fingerprint density at radius 2 is 1.69 bits per heavy atom. The third kappa shape index (κ3) is 4.70. The van der Waals surface area contributed by atoms with Gasteiger partial charge >= 0.3 is 5.97 Å². The molecule has 1 heterocycles. The van der Waals surface area contributed by atoms with Gasteiger partial charge in [0.05, 0.1) is 29.8 Å². The Kier molecular flexibility index (Phi) is 5.68. The van der Waals surface area contributed by atoms with E-state index < -0.39 is 5.97 Å². The zero-order chi connectivity index (χ0) is 20.1. The van der Waals surface area contributed by atoms with Gasteiger partial charge in [0.15, 0.2) is 0 Å². The van der Waals surface area contributed by atoms with E-state index in [1.807, 2.05) is 30.3 Å². The molecule has 0 aliphatic heterocycles. The lowest BCUT2D eigenvalue weighted by Crippen LogP contribution is -1.99. The van der Waals surface area contributed by atoms with Crippen LogP contribution in [0.25, 0.3) is 11.0 Å². The number of benzene rings is 3. The first-order chi connectivity index (χ1) is 14.2. The smallest absolute Gasteiger partial charge is 0.335 e. The summed E-state index contributed by atoms with van der Waals surface area (Å²) in [5.74, 6) is 0.0293. The van der Waals surface area contributed by atoms with Crippen molar-refractivity contribution < 1.29 is 14.6 Å². The van der Waals surface area contributed by atoms with Gasteiger partial charge in [-0.1, -0.05) is 54.6 Å². The standard InChI is InChI=1S/C24H22N2O3/c27-24(28)19-9-4-8-18(14-19)15-29-16-20-10-5-11-21-23(20)26-22(25-21)13-12-17-6-2-1-3-7-17/h1-11,14H,12-13,15-16H2,(H,25,26)(H,27,28). The van der Waals surface area contributed by atoms with Crippen LogP contribution in [0.5, 0.6) is 0 Å². The van der Waals surface area contributed by atoms with Crippen LogP contribution in [0.4, 0.5) is 0 Å². The van der Waals surface area contributed by atoms with E-state index in [1.54, 1.807) is 18.2 Å². The van der Waals surface area contributed by atoms with E-state index in [-0.39, 0.29) is 5.56 Å². The first-order valence-corrected chi connectivity index (χ1v) is 9.59. The molecule has 0 aliphatic carbocycles. The van der Waals surface area contributed by atoms with Crippen LogP contribution in [0, 0.1) is 0 Å². The SMILES string of the molecule is O=C(O)c1cccc(COCc2cccc3[nH]c(CCc4ccccc4)nc23)c1. The lowest BCUT2D eigenvalue weighted by molar-refractivity contribution is 0.0696. The molecule has 0 fully saturated rings. The first kappa shape index (κ1) is 18.9. The van der Waals surface area contributed by atoms with Crippen molar-refractivity contribution in [3.05, 3.63) is 101 Å². The molecule has 5 heteroatoms. The number of carbonyl (C=O) groups is 1. The van der Waals surface area contributed by atoms with Crippen LogP contribution in [0.2, 0.25) is 0 Å². The molecule has 2 N–H and O–H groups in total. The number of rotatable bonds is 8. The molecule has 0 atom stereocenters. The molecule has 146 valence electrons. The van der Waals surface area contributed by atoms with Gasteiger partial charge in [0.1, 0.15) is 5.82 Å². The van der Waals surface area contributed by atoms with Gasteiger partial charge in [-0.05, 0) is 35.7 Å². The third-order valence-corrected chi connectivity index (χ3v) is 4.84. The van der Waals surface area contributed by atoms with E-state index in [2.05, 4.69) is 29.2 Å². The maximum absolute atomic E-state index is 11.1. The summed E-state index contributed by atoms with van der Waals surface area (Å²) < 4.78 is 5.84. The summed E-state index contributed by atoms with van der Waals surface area (Å²) in [6.07, 6.45) is 1.79. The van der Waals surface area contributed by atoms with Crippen molar-refractivity contribution in [3.63, 3.8) is 0 Å². The van der Waals surface area contributed by atoms with Gasteiger partial charge < -0.3 is 14.8 Å². The minimum Gasteiger partial charge on any atom is -0.478 e. The molecule has 4 rings (SSSR count). The predicted molar refractivity (Wildman–Crippen MR) is 112 cm³/mol. The van der Waals surface area contributed by atoms with Gasteiger partial charge in [0, 0.05) is 12.0 Å². The van der Waals surface area contributed by atoms with Gasteiger partial charge in [-0.2, -0.15) is 0 Å². The van der Waals surface area contributed by atoms with Crippen molar-refractivity contribution >= 4 is 17.0 Å². The highest BCUT2D eigenvalue weighted by atomic mass is 16.5. The van der Waals surface area contributed by atoms with Crippen molar-refractivity contribution in [3.8, 4) is 0 Å². The molecule has 0 radical (unpaired) electrons. The molecule has 0 aliphatic rings. The second-order valence-corrected chi connectivity index (χ2v) is 6.98. The molecular weight excluding hydrogens is 364 g/mol. The predicted octanol–water partition coefficient (Wildman–Crippen LogP) is 4.76. The molecule has 0 amide bonds. The quantitative estimate of drug-likeness (QED) is 0.458. The number of aromatic nitrogens is 2. The summed E-state index contributed by atoms with van der Waals surface area (Å²) in [6.45, 7) is 0.764. The van der Waals surface area contributed by atoms with Gasteiger partial charge in [-0.15, -0.1) is 0 Å². The van der Waals surface area contributed by atoms with Gasteiger partial charge in [-0.3, -0.25) is 0 Å². The van der Waals surface area contributed by atoms with Crippen LogP contribution in [0.1, 0.15) is 32.9 Å². The van der Waals surface area contributed by atoms with Crippen LogP contribution in [0.3, 0.4) is 0 Å². The van der Waals surface area contributed by atoms with Crippen molar-refractivity contribution in [2.24, 2.45) is 0 Å². The molecule has 0 unspecified atom stereocenters. The number of nitrogens with one attached hydrogen (secondary N) is 1. The van der Waals surface area contributed by atoms with Crippen LogP contribution in [0.15, 0.2) is 72.8 Å².